The van der Waals surface area contributed by atoms with Gasteiger partial charge in [-0.1, -0.05) is 12.1 Å². The summed E-state index contributed by atoms with van der Waals surface area (Å²) in [5, 5.41) is 1.71. The van der Waals surface area contributed by atoms with Gasteiger partial charge in [0.1, 0.15) is 12.6 Å². The Labute approximate surface area is 146 Å². The molecule has 1 heterocycles. The van der Waals surface area contributed by atoms with Gasteiger partial charge in [0, 0.05) is 11.3 Å². The van der Waals surface area contributed by atoms with E-state index in [0.29, 0.717) is 5.56 Å². The molecule has 1 amide bonds. The van der Waals surface area contributed by atoms with Crippen LogP contribution in [-0.4, -0.2) is 54.8 Å². The van der Waals surface area contributed by atoms with E-state index in [4.69, 9.17) is 0 Å². The SMILES string of the molecule is CC(=O)c1ccc(S(=O)(=O)N2CSCC2C(=O)NCC(F)(F)F)cc1. The average Bonchev–Trinajstić information content (AvgIpc) is 3.02. The van der Waals surface area contributed by atoms with Gasteiger partial charge in [0.05, 0.1) is 10.8 Å². The lowest BCUT2D eigenvalue weighted by atomic mass is 10.2. The number of thioether (sulfide) groups is 1. The first-order valence-electron chi connectivity index (χ1n) is 7.07. The zero-order valence-electron chi connectivity index (χ0n) is 13.0. The van der Waals surface area contributed by atoms with Crippen molar-refractivity contribution >= 4 is 33.5 Å². The van der Waals surface area contributed by atoms with Gasteiger partial charge in [0.15, 0.2) is 5.78 Å². The fourth-order valence-corrected chi connectivity index (χ4v) is 5.32. The van der Waals surface area contributed by atoms with Crippen molar-refractivity contribution in [2.45, 2.75) is 24.0 Å². The van der Waals surface area contributed by atoms with Crippen molar-refractivity contribution in [1.82, 2.24) is 9.62 Å². The number of benzene rings is 1. The van der Waals surface area contributed by atoms with Crippen molar-refractivity contribution in [3.05, 3.63) is 29.8 Å². The quantitative estimate of drug-likeness (QED) is 0.765. The van der Waals surface area contributed by atoms with Gasteiger partial charge in [-0.25, -0.2) is 8.42 Å². The Bertz CT molecular complexity index is 763. The number of amides is 1. The number of hydrogen-bond donors (Lipinski definition) is 1. The fraction of sp³-hybridized carbons (Fsp3) is 0.429. The third kappa shape index (κ3) is 4.73. The summed E-state index contributed by atoms with van der Waals surface area (Å²) in [5.74, 6) is -1.20. The van der Waals surface area contributed by atoms with Crippen molar-refractivity contribution in [3.8, 4) is 0 Å². The molecule has 11 heteroatoms. The summed E-state index contributed by atoms with van der Waals surface area (Å²) in [6, 6.07) is 3.94. The second-order valence-corrected chi connectivity index (χ2v) is 8.21. The van der Waals surface area contributed by atoms with Gasteiger partial charge in [-0.15, -0.1) is 11.8 Å². The van der Waals surface area contributed by atoms with Gasteiger partial charge in [0.2, 0.25) is 15.9 Å². The molecule has 1 aliphatic rings. The van der Waals surface area contributed by atoms with Crippen LogP contribution in [0, 0.1) is 0 Å². The maximum atomic E-state index is 12.7. The van der Waals surface area contributed by atoms with Crippen LogP contribution in [0.4, 0.5) is 13.2 Å². The highest BCUT2D eigenvalue weighted by Crippen LogP contribution is 2.28. The molecule has 1 N–H and O–H groups in total. The van der Waals surface area contributed by atoms with E-state index in [0.717, 1.165) is 16.1 Å². The smallest absolute Gasteiger partial charge is 0.346 e. The first kappa shape index (κ1) is 19.7. The molecule has 1 saturated heterocycles. The standard InChI is InChI=1S/C14H15F3N2O4S2/c1-9(20)10-2-4-11(5-3-10)25(22,23)19-8-24-6-12(19)13(21)18-7-14(15,16)17/h2-5,12H,6-8H2,1H3,(H,18,21). The highest BCUT2D eigenvalue weighted by molar-refractivity contribution is 8.00. The van der Waals surface area contributed by atoms with E-state index in [2.05, 4.69) is 0 Å². The molecular formula is C14H15F3N2O4S2. The summed E-state index contributed by atoms with van der Waals surface area (Å²) in [4.78, 5) is 23.1. The number of carbonyl (C=O) groups is 2. The first-order chi connectivity index (χ1) is 11.5. The van der Waals surface area contributed by atoms with Crippen LogP contribution in [0.2, 0.25) is 0 Å². The Morgan fingerprint density at radius 2 is 1.88 bits per heavy atom. The molecule has 25 heavy (non-hydrogen) atoms. The zero-order valence-corrected chi connectivity index (χ0v) is 14.7. The van der Waals surface area contributed by atoms with E-state index < -0.39 is 34.7 Å². The minimum atomic E-state index is -4.58. The van der Waals surface area contributed by atoms with E-state index in [1.807, 2.05) is 0 Å². The van der Waals surface area contributed by atoms with Crippen LogP contribution in [0.25, 0.3) is 0 Å². The second-order valence-electron chi connectivity index (χ2n) is 5.32. The maximum Gasteiger partial charge on any atom is 0.405 e. The lowest BCUT2D eigenvalue weighted by Crippen LogP contribution is -2.49. The van der Waals surface area contributed by atoms with Gasteiger partial charge in [-0.05, 0) is 19.1 Å². The van der Waals surface area contributed by atoms with Crippen molar-refractivity contribution in [2.24, 2.45) is 0 Å². The first-order valence-corrected chi connectivity index (χ1v) is 9.67. The fourth-order valence-electron chi connectivity index (χ4n) is 2.17. The molecule has 1 atom stereocenters. The number of nitrogens with zero attached hydrogens (tertiary/aromatic N) is 1. The summed E-state index contributed by atoms with van der Waals surface area (Å²) in [5.41, 5.74) is 0.328. The summed E-state index contributed by atoms with van der Waals surface area (Å²) in [7, 11) is -4.07. The normalized spacial score (nSPS) is 19.0. The minimum absolute atomic E-state index is 0.0408. The van der Waals surface area contributed by atoms with E-state index in [9.17, 15) is 31.2 Å². The molecule has 1 fully saturated rings. The van der Waals surface area contributed by atoms with E-state index >= 15 is 0 Å². The summed E-state index contributed by atoms with van der Waals surface area (Å²) in [6.07, 6.45) is -4.58. The molecule has 0 aromatic heterocycles. The number of hydrogen-bond acceptors (Lipinski definition) is 5. The largest absolute Gasteiger partial charge is 0.405 e. The van der Waals surface area contributed by atoms with Crippen LogP contribution in [0.3, 0.4) is 0 Å². The number of carbonyl (C=O) groups excluding carboxylic acids is 2. The molecule has 6 nitrogen and oxygen atoms in total. The highest BCUT2D eigenvalue weighted by Gasteiger charge is 2.41. The van der Waals surface area contributed by atoms with Crippen LogP contribution in [0.1, 0.15) is 17.3 Å². The Morgan fingerprint density at radius 1 is 1.28 bits per heavy atom. The Kier molecular flexibility index (Phi) is 5.79. The number of nitrogens with one attached hydrogen (secondary N) is 1. The summed E-state index contributed by atoms with van der Waals surface area (Å²) >= 11 is 1.13. The molecule has 0 aliphatic carbocycles. The van der Waals surface area contributed by atoms with Crippen LogP contribution in [0.5, 0.6) is 0 Å². The second kappa shape index (κ2) is 7.34. The van der Waals surface area contributed by atoms with Gasteiger partial charge < -0.3 is 5.32 Å². The van der Waals surface area contributed by atoms with E-state index in [1.165, 1.54) is 31.2 Å². The van der Waals surface area contributed by atoms with Crippen molar-refractivity contribution in [1.29, 1.82) is 0 Å². The zero-order chi connectivity index (χ0) is 18.8. The van der Waals surface area contributed by atoms with Gasteiger partial charge in [0.25, 0.3) is 0 Å². The molecule has 1 aromatic rings. The number of ketones is 1. The van der Waals surface area contributed by atoms with E-state index in [1.54, 1.807) is 5.32 Å². The Balaban J connectivity index is 2.19. The number of rotatable bonds is 5. The average molecular weight is 396 g/mol. The number of halogens is 3. The Hall–Kier alpha value is -1.59. The molecule has 1 unspecified atom stereocenters. The van der Waals surface area contributed by atoms with Crippen molar-refractivity contribution < 1.29 is 31.2 Å². The summed E-state index contributed by atoms with van der Waals surface area (Å²) in [6.45, 7) is -0.185. The third-order valence-electron chi connectivity index (χ3n) is 3.48. The lowest BCUT2D eigenvalue weighted by Gasteiger charge is -2.23. The van der Waals surface area contributed by atoms with Crippen LogP contribution in [0.15, 0.2) is 29.2 Å². The molecule has 0 bridgehead atoms. The lowest BCUT2D eigenvalue weighted by molar-refractivity contribution is -0.140. The van der Waals surface area contributed by atoms with Gasteiger partial charge >= 0.3 is 6.18 Å². The molecule has 2 rings (SSSR count). The van der Waals surface area contributed by atoms with Crippen molar-refractivity contribution in [2.75, 3.05) is 18.2 Å². The van der Waals surface area contributed by atoms with Crippen LogP contribution in [-0.2, 0) is 14.8 Å². The predicted octanol–water partition coefficient (Wildman–Crippen LogP) is 1.63. The Morgan fingerprint density at radius 3 is 2.40 bits per heavy atom. The molecular weight excluding hydrogens is 381 g/mol. The predicted molar refractivity (Wildman–Crippen MR) is 85.6 cm³/mol. The topological polar surface area (TPSA) is 83.6 Å². The van der Waals surface area contributed by atoms with Crippen molar-refractivity contribution in [3.63, 3.8) is 0 Å². The molecule has 1 aromatic carbocycles. The van der Waals surface area contributed by atoms with E-state index in [-0.39, 0.29) is 22.3 Å². The molecule has 0 spiro atoms. The monoisotopic (exact) mass is 396 g/mol. The minimum Gasteiger partial charge on any atom is -0.346 e. The van der Waals surface area contributed by atoms with Gasteiger partial charge in [-0.3, -0.25) is 9.59 Å². The number of alkyl halides is 3. The van der Waals surface area contributed by atoms with Crippen LogP contribution < -0.4 is 5.32 Å². The molecule has 138 valence electrons. The third-order valence-corrected chi connectivity index (χ3v) is 6.52. The molecule has 1 aliphatic heterocycles. The summed E-state index contributed by atoms with van der Waals surface area (Å²) < 4.78 is 62.8. The van der Waals surface area contributed by atoms with Crippen LogP contribution >= 0.6 is 11.8 Å². The maximum absolute atomic E-state index is 12.7. The number of sulfonamides is 1. The number of Topliss-reactive ketones (excluding diaryl/α,β-unsaturated/α-hetero) is 1. The molecule has 0 radical (unpaired) electrons. The molecule has 0 saturated carbocycles. The van der Waals surface area contributed by atoms with Gasteiger partial charge in [-0.2, -0.15) is 17.5 Å². The highest BCUT2D eigenvalue weighted by atomic mass is 32.2.